The zero-order chi connectivity index (χ0) is 10.6. The molecule has 0 aromatic carbocycles. The van der Waals surface area contributed by atoms with Crippen LogP contribution in [0.15, 0.2) is 12.7 Å². The third-order valence-corrected chi connectivity index (χ3v) is 2.91. The smallest absolute Gasteiger partial charge is 0.0353 e. The first kappa shape index (κ1) is 13.7. The number of hydrogen-bond donors (Lipinski definition) is 0. The van der Waals surface area contributed by atoms with Crippen LogP contribution in [0.1, 0.15) is 71.6 Å². The number of rotatable bonds is 4. The number of allylic oxidation sites excluding steroid dienone is 1. The standard InChI is InChI=1S/2C7H14/c1-7-5-3-2-4-6-7;1-3-5-7-6-4-2/h7H,2-6H2,1H3;3H,1,4-7H2,2H3. The van der Waals surface area contributed by atoms with Crippen LogP contribution in [-0.4, -0.2) is 0 Å². The van der Waals surface area contributed by atoms with Gasteiger partial charge in [-0.25, -0.2) is 0 Å². The summed E-state index contributed by atoms with van der Waals surface area (Å²) in [5, 5.41) is 0. The molecule has 14 heavy (non-hydrogen) atoms. The van der Waals surface area contributed by atoms with Crippen molar-refractivity contribution >= 4 is 0 Å². The lowest BCUT2D eigenvalue weighted by Gasteiger charge is -2.15. The Morgan fingerprint density at radius 3 is 2.14 bits per heavy atom. The van der Waals surface area contributed by atoms with Crippen molar-refractivity contribution in [2.75, 3.05) is 0 Å². The molecule has 0 radical (unpaired) electrons. The molecule has 0 heteroatoms. The second-order valence-corrected chi connectivity index (χ2v) is 4.53. The van der Waals surface area contributed by atoms with Crippen LogP contribution in [-0.2, 0) is 0 Å². The van der Waals surface area contributed by atoms with Crippen molar-refractivity contribution in [2.45, 2.75) is 71.6 Å². The van der Waals surface area contributed by atoms with Gasteiger partial charge in [-0.3, -0.25) is 0 Å². The van der Waals surface area contributed by atoms with Crippen molar-refractivity contribution < 1.29 is 0 Å². The summed E-state index contributed by atoms with van der Waals surface area (Å²) < 4.78 is 0. The highest BCUT2D eigenvalue weighted by atomic mass is 14.1. The first-order valence-electron chi connectivity index (χ1n) is 6.42. The Morgan fingerprint density at radius 1 is 1.14 bits per heavy atom. The Labute approximate surface area is 90.8 Å². The Bertz CT molecular complexity index is 109. The molecule has 1 fully saturated rings. The Kier molecular flexibility index (Phi) is 10.6. The first-order chi connectivity index (χ1) is 6.81. The molecule has 0 aliphatic heterocycles. The molecule has 0 amide bonds. The normalized spacial score (nSPS) is 17.0. The van der Waals surface area contributed by atoms with Gasteiger partial charge in [-0.05, 0) is 18.8 Å². The van der Waals surface area contributed by atoms with Crippen LogP contribution < -0.4 is 0 Å². The van der Waals surface area contributed by atoms with Gasteiger partial charge in [0, 0.05) is 0 Å². The average molecular weight is 196 g/mol. The molecule has 1 rings (SSSR count). The highest BCUT2D eigenvalue weighted by Crippen LogP contribution is 2.22. The van der Waals surface area contributed by atoms with Crippen LogP contribution in [0.2, 0.25) is 0 Å². The van der Waals surface area contributed by atoms with Crippen LogP contribution >= 0.6 is 0 Å². The van der Waals surface area contributed by atoms with Gasteiger partial charge in [0.15, 0.2) is 0 Å². The lowest BCUT2D eigenvalue weighted by atomic mass is 9.91. The summed E-state index contributed by atoms with van der Waals surface area (Å²) in [7, 11) is 0. The molecule has 0 nitrogen and oxygen atoms in total. The summed E-state index contributed by atoms with van der Waals surface area (Å²) in [5.41, 5.74) is 0. The van der Waals surface area contributed by atoms with Gasteiger partial charge in [-0.15, -0.1) is 6.58 Å². The van der Waals surface area contributed by atoms with Crippen molar-refractivity contribution in [1.29, 1.82) is 0 Å². The lowest BCUT2D eigenvalue weighted by Crippen LogP contribution is -1.99. The molecule has 0 atom stereocenters. The highest BCUT2D eigenvalue weighted by Gasteiger charge is 2.05. The number of unbranched alkanes of at least 4 members (excludes halogenated alkanes) is 3. The summed E-state index contributed by atoms with van der Waals surface area (Å²) in [6.45, 7) is 8.20. The summed E-state index contributed by atoms with van der Waals surface area (Å²) >= 11 is 0. The van der Waals surface area contributed by atoms with Gasteiger partial charge in [0.05, 0.1) is 0 Å². The molecule has 0 N–H and O–H groups in total. The van der Waals surface area contributed by atoms with Crippen LogP contribution in [0.4, 0.5) is 0 Å². The molecule has 1 saturated carbocycles. The van der Waals surface area contributed by atoms with Crippen molar-refractivity contribution in [2.24, 2.45) is 5.92 Å². The van der Waals surface area contributed by atoms with Crippen LogP contribution in [0.5, 0.6) is 0 Å². The van der Waals surface area contributed by atoms with E-state index in [0.29, 0.717) is 0 Å². The molecular weight excluding hydrogens is 168 g/mol. The Morgan fingerprint density at radius 2 is 1.79 bits per heavy atom. The van der Waals surface area contributed by atoms with E-state index in [4.69, 9.17) is 0 Å². The summed E-state index contributed by atoms with van der Waals surface area (Å²) in [4.78, 5) is 0. The summed E-state index contributed by atoms with van der Waals surface area (Å²) in [6, 6.07) is 0. The molecule has 0 saturated heterocycles. The SMILES string of the molecule is C=CCCCCC.CC1CCCCC1. The van der Waals surface area contributed by atoms with Crippen molar-refractivity contribution in [3.8, 4) is 0 Å². The van der Waals surface area contributed by atoms with Gasteiger partial charge < -0.3 is 0 Å². The van der Waals surface area contributed by atoms with Crippen molar-refractivity contribution in [3.05, 3.63) is 12.7 Å². The van der Waals surface area contributed by atoms with Gasteiger partial charge in [0.1, 0.15) is 0 Å². The van der Waals surface area contributed by atoms with Crippen LogP contribution in [0, 0.1) is 5.92 Å². The molecule has 0 aromatic rings. The molecule has 0 unspecified atom stereocenters. The van der Waals surface area contributed by atoms with Crippen molar-refractivity contribution in [3.63, 3.8) is 0 Å². The molecule has 84 valence electrons. The predicted molar refractivity (Wildman–Crippen MR) is 66.6 cm³/mol. The van der Waals surface area contributed by atoms with Crippen LogP contribution in [0.3, 0.4) is 0 Å². The fourth-order valence-corrected chi connectivity index (χ4v) is 1.85. The minimum atomic E-state index is 1.04. The van der Waals surface area contributed by atoms with Gasteiger partial charge >= 0.3 is 0 Å². The van der Waals surface area contributed by atoms with Crippen molar-refractivity contribution in [1.82, 2.24) is 0 Å². The van der Waals surface area contributed by atoms with E-state index in [1.165, 1.54) is 57.8 Å². The van der Waals surface area contributed by atoms with E-state index in [-0.39, 0.29) is 0 Å². The Hall–Kier alpha value is -0.260. The third-order valence-electron chi connectivity index (χ3n) is 2.91. The molecule has 0 heterocycles. The fourth-order valence-electron chi connectivity index (χ4n) is 1.85. The lowest BCUT2D eigenvalue weighted by molar-refractivity contribution is 0.385. The second kappa shape index (κ2) is 10.8. The predicted octanol–water partition coefficient (Wildman–Crippen LogP) is 5.34. The van der Waals surface area contributed by atoms with E-state index < -0.39 is 0 Å². The second-order valence-electron chi connectivity index (χ2n) is 4.53. The van der Waals surface area contributed by atoms with Gasteiger partial charge in [0.2, 0.25) is 0 Å². The minimum absolute atomic E-state index is 1.04. The molecule has 0 spiro atoms. The maximum atomic E-state index is 3.63. The van der Waals surface area contributed by atoms with Gasteiger partial charge in [-0.2, -0.15) is 0 Å². The number of hydrogen-bond acceptors (Lipinski definition) is 0. The maximum absolute atomic E-state index is 3.63. The molecule has 1 aliphatic rings. The minimum Gasteiger partial charge on any atom is -0.103 e. The molecule has 0 aromatic heterocycles. The molecule has 1 aliphatic carbocycles. The van der Waals surface area contributed by atoms with E-state index in [1.807, 2.05) is 6.08 Å². The topological polar surface area (TPSA) is 0 Å². The Balaban J connectivity index is 0.000000241. The van der Waals surface area contributed by atoms with Crippen LogP contribution in [0.25, 0.3) is 0 Å². The summed E-state index contributed by atoms with van der Waals surface area (Å²) in [5.74, 6) is 1.04. The largest absolute Gasteiger partial charge is 0.103 e. The monoisotopic (exact) mass is 196 g/mol. The fraction of sp³-hybridized carbons (Fsp3) is 0.857. The molecular formula is C14H28. The van der Waals surface area contributed by atoms with E-state index >= 15 is 0 Å². The zero-order valence-electron chi connectivity index (χ0n) is 10.2. The molecule has 0 bridgehead atoms. The van der Waals surface area contributed by atoms with E-state index in [0.717, 1.165) is 5.92 Å². The maximum Gasteiger partial charge on any atom is -0.0353 e. The average Bonchev–Trinajstić information content (AvgIpc) is 2.21. The zero-order valence-corrected chi connectivity index (χ0v) is 10.2. The third kappa shape index (κ3) is 9.83. The van der Waals surface area contributed by atoms with E-state index in [9.17, 15) is 0 Å². The summed E-state index contributed by atoms with van der Waals surface area (Å²) in [6.07, 6.45) is 14.6. The van der Waals surface area contributed by atoms with Gasteiger partial charge in [-0.1, -0.05) is 64.9 Å². The highest BCUT2D eigenvalue weighted by molar-refractivity contribution is 4.64. The quantitative estimate of drug-likeness (QED) is 0.420. The van der Waals surface area contributed by atoms with E-state index in [1.54, 1.807) is 0 Å². The first-order valence-corrected chi connectivity index (χ1v) is 6.42. The van der Waals surface area contributed by atoms with E-state index in [2.05, 4.69) is 20.4 Å². The van der Waals surface area contributed by atoms with Gasteiger partial charge in [0.25, 0.3) is 0 Å².